The van der Waals surface area contributed by atoms with Crippen molar-refractivity contribution in [1.82, 2.24) is 0 Å². The van der Waals surface area contributed by atoms with E-state index in [0.717, 1.165) is 11.8 Å². The van der Waals surface area contributed by atoms with Gasteiger partial charge in [0.2, 0.25) is 0 Å². The topological polar surface area (TPSA) is 46.2 Å². The molecule has 2 nitrogen and oxygen atoms in total. The van der Waals surface area contributed by atoms with Crippen LogP contribution in [0.25, 0.3) is 0 Å². The van der Waals surface area contributed by atoms with Crippen molar-refractivity contribution in [3.05, 3.63) is 0 Å². The lowest BCUT2D eigenvalue weighted by molar-refractivity contribution is 0.159. The SMILES string of the molecule is N[C@H]1[C@H]2CC[C@@H](C2)[C@@H]1CO. The van der Waals surface area contributed by atoms with E-state index in [4.69, 9.17) is 10.8 Å². The lowest BCUT2D eigenvalue weighted by Crippen LogP contribution is -2.37. The van der Waals surface area contributed by atoms with Crippen molar-refractivity contribution < 1.29 is 5.11 Å². The molecule has 0 heterocycles. The number of aliphatic hydroxyl groups excluding tert-OH is 1. The zero-order valence-electron chi connectivity index (χ0n) is 6.16. The second-order valence-corrected chi connectivity index (χ2v) is 3.76. The van der Waals surface area contributed by atoms with E-state index in [0.29, 0.717) is 18.6 Å². The molecule has 0 amide bonds. The molecule has 3 N–H and O–H groups in total. The first kappa shape index (κ1) is 6.62. The smallest absolute Gasteiger partial charge is 0.0476 e. The molecular weight excluding hydrogens is 126 g/mol. The zero-order chi connectivity index (χ0) is 7.14. The molecule has 58 valence electrons. The summed E-state index contributed by atoms with van der Waals surface area (Å²) in [5.74, 6) is 1.92. The predicted molar refractivity (Wildman–Crippen MR) is 39.4 cm³/mol. The minimum absolute atomic E-state index is 0.308. The van der Waals surface area contributed by atoms with Crippen LogP contribution in [0.1, 0.15) is 19.3 Å². The van der Waals surface area contributed by atoms with E-state index in [9.17, 15) is 0 Å². The molecule has 2 saturated carbocycles. The predicted octanol–water partition coefficient (Wildman–Crippen LogP) is 0.352. The van der Waals surface area contributed by atoms with Gasteiger partial charge in [0.25, 0.3) is 0 Å². The second-order valence-electron chi connectivity index (χ2n) is 3.76. The minimum atomic E-state index is 0.308. The highest BCUT2D eigenvalue weighted by Crippen LogP contribution is 2.47. The monoisotopic (exact) mass is 141 g/mol. The minimum Gasteiger partial charge on any atom is -0.396 e. The molecule has 0 radical (unpaired) electrons. The Balaban J connectivity index is 2.10. The van der Waals surface area contributed by atoms with Crippen LogP contribution >= 0.6 is 0 Å². The fraction of sp³-hybridized carbons (Fsp3) is 1.00. The third kappa shape index (κ3) is 0.722. The summed E-state index contributed by atoms with van der Waals surface area (Å²) in [7, 11) is 0. The molecule has 0 spiro atoms. The molecule has 2 aliphatic rings. The van der Waals surface area contributed by atoms with Gasteiger partial charge in [-0.1, -0.05) is 0 Å². The summed E-state index contributed by atoms with van der Waals surface area (Å²) in [6.45, 7) is 0.308. The number of aliphatic hydroxyl groups is 1. The number of fused-ring (bicyclic) bond motifs is 2. The summed E-state index contributed by atoms with van der Waals surface area (Å²) >= 11 is 0. The Morgan fingerprint density at radius 1 is 1.30 bits per heavy atom. The fourth-order valence-corrected chi connectivity index (χ4v) is 2.73. The van der Waals surface area contributed by atoms with Gasteiger partial charge in [0.05, 0.1) is 0 Å². The number of rotatable bonds is 1. The van der Waals surface area contributed by atoms with Crippen molar-refractivity contribution in [2.75, 3.05) is 6.61 Å². The number of hydrogen-bond donors (Lipinski definition) is 2. The van der Waals surface area contributed by atoms with Crippen molar-refractivity contribution in [2.45, 2.75) is 25.3 Å². The third-order valence-electron chi connectivity index (χ3n) is 3.37. The molecule has 2 bridgehead atoms. The van der Waals surface area contributed by atoms with Crippen LogP contribution in [0.3, 0.4) is 0 Å². The maximum atomic E-state index is 8.98. The summed E-state index contributed by atoms with van der Waals surface area (Å²) in [5, 5.41) is 8.98. The highest BCUT2D eigenvalue weighted by atomic mass is 16.3. The Morgan fingerprint density at radius 3 is 2.40 bits per heavy atom. The van der Waals surface area contributed by atoms with E-state index in [1.54, 1.807) is 0 Å². The highest BCUT2D eigenvalue weighted by Gasteiger charge is 2.44. The Morgan fingerprint density at radius 2 is 2.00 bits per heavy atom. The molecule has 2 fully saturated rings. The molecule has 0 saturated heterocycles. The van der Waals surface area contributed by atoms with Crippen LogP contribution in [0.4, 0.5) is 0 Å². The highest BCUT2D eigenvalue weighted by molar-refractivity contribution is 4.98. The van der Waals surface area contributed by atoms with Gasteiger partial charge in [-0.3, -0.25) is 0 Å². The maximum Gasteiger partial charge on any atom is 0.0476 e. The van der Waals surface area contributed by atoms with Crippen LogP contribution in [0.15, 0.2) is 0 Å². The molecule has 0 aliphatic heterocycles. The molecule has 0 unspecified atom stereocenters. The van der Waals surface area contributed by atoms with Gasteiger partial charge >= 0.3 is 0 Å². The summed E-state index contributed by atoms with van der Waals surface area (Å²) in [5.41, 5.74) is 5.91. The van der Waals surface area contributed by atoms with E-state index in [1.807, 2.05) is 0 Å². The quantitative estimate of drug-likeness (QED) is 0.553. The molecule has 2 rings (SSSR count). The lowest BCUT2D eigenvalue weighted by atomic mass is 9.86. The molecule has 10 heavy (non-hydrogen) atoms. The average Bonchev–Trinajstić information content (AvgIpc) is 2.46. The van der Waals surface area contributed by atoms with Gasteiger partial charge in [-0.05, 0) is 31.1 Å². The second kappa shape index (κ2) is 2.21. The maximum absolute atomic E-state index is 8.98. The molecule has 2 heteroatoms. The van der Waals surface area contributed by atoms with E-state index in [-0.39, 0.29) is 0 Å². The Bertz CT molecular complexity index is 135. The van der Waals surface area contributed by atoms with Crippen LogP contribution in [0.5, 0.6) is 0 Å². The average molecular weight is 141 g/mol. The van der Waals surface area contributed by atoms with E-state index in [1.165, 1.54) is 19.3 Å². The molecule has 0 aromatic carbocycles. The largest absolute Gasteiger partial charge is 0.396 e. The van der Waals surface area contributed by atoms with E-state index < -0.39 is 0 Å². The van der Waals surface area contributed by atoms with E-state index in [2.05, 4.69) is 0 Å². The first-order valence-electron chi connectivity index (χ1n) is 4.19. The Hall–Kier alpha value is -0.0800. The van der Waals surface area contributed by atoms with Crippen molar-refractivity contribution >= 4 is 0 Å². The van der Waals surface area contributed by atoms with Crippen molar-refractivity contribution in [1.29, 1.82) is 0 Å². The van der Waals surface area contributed by atoms with Crippen LogP contribution in [-0.2, 0) is 0 Å². The summed E-state index contributed by atoms with van der Waals surface area (Å²) < 4.78 is 0. The van der Waals surface area contributed by atoms with Crippen molar-refractivity contribution in [3.8, 4) is 0 Å². The van der Waals surface area contributed by atoms with Gasteiger partial charge in [-0.2, -0.15) is 0 Å². The molecule has 0 aromatic heterocycles. The number of nitrogens with two attached hydrogens (primary N) is 1. The summed E-state index contributed by atoms with van der Waals surface area (Å²) in [6.07, 6.45) is 3.90. The van der Waals surface area contributed by atoms with Gasteiger partial charge in [0.1, 0.15) is 0 Å². The molecule has 2 aliphatic carbocycles. The Labute approximate surface area is 61.4 Å². The van der Waals surface area contributed by atoms with Crippen LogP contribution in [-0.4, -0.2) is 17.8 Å². The van der Waals surface area contributed by atoms with Crippen molar-refractivity contribution in [3.63, 3.8) is 0 Å². The Kier molecular flexibility index (Phi) is 1.46. The fourth-order valence-electron chi connectivity index (χ4n) is 2.73. The first-order valence-corrected chi connectivity index (χ1v) is 4.19. The van der Waals surface area contributed by atoms with Gasteiger partial charge in [0.15, 0.2) is 0 Å². The standard InChI is InChI=1S/C8H15NO/c9-8-6-2-1-5(3-6)7(8)4-10/h5-8,10H,1-4,9H2/t5-,6-,7-,8-/m0/s1. The summed E-state index contributed by atoms with van der Waals surface area (Å²) in [4.78, 5) is 0. The van der Waals surface area contributed by atoms with Gasteiger partial charge in [-0.15, -0.1) is 0 Å². The molecule has 0 aromatic rings. The lowest BCUT2D eigenvalue weighted by Gasteiger charge is -2.25. The van der Waals surface area contributed by atoms with E-state index >= 15 is 0 Å². The van der Waals surface area contributed by atoms with Gasteiger partial charge < -0.3 is 10.8 Å². The van der Waals surface area contributed by atoms with Crippen molar-refractivity contribution in [2.24, 2.45) is 23.5 Å². The van der Waals surface area contributed by atoms with Gasteiger partial charge in [-0.25, -0.2) is 0 Å². The van der Waals surface area contributed by atoms with Gasteiger partial charge in [0, 0.05) is 18.6 Å². The van der Waals surface area contributed by atoms with Crippen LogP contribution in [0, 0.1) is 17.8 Å². The third-order valence-corrected chi connectivity index (χ3v) is 3.37. The molecular formula is C8H15NO. The number of hydrogen-bond acceptors (Lipinski definition) is 2. The van der Waals surface area contributed by atoms with Crippen LogP contribution in [0.2, 0.25) is 0 Å². The first-order chi connectivity index (χ1) is 4.83. The van der Waals surface area contributed by atoms with Crippen LogP contribution < -0.4 is 5.73 Å². The molecule has 4 atom stereocenters. The zero-order valence-corrected chi connectivity index (χ0v) is 6.16. The summed E-state index contributed by atoms with van der Waals surface area (Å²) in [6, 6.07) is 0.309. The normalized spacial score (nSPS) is 52.2.